The molecule has 24 heavy (non-hydrogen) atoms. The number of nitrogens with one attached hydrogen (secondary N) is 2. The molecule has 0 aliphatic carbocycles. The molecule has 4 nitrogen and oxygen atoms in total. The number of guanidine groups is 1. The predicted molar refractivity (Wildman–Crippen MR) is 101 cm³/mol. The van der Waals surface area contributed by atoms with Crippen LogP contribution in [0.5, 0.6) is 5.75 Å². The van der Waals surface area contributed by atoms with Gasteiger partial charge in [0.1, 0.15) is 5.75 Å². The molecular weight excluding hydrogens is 434 g/mol. The van der Waals surface area contributed by atoms with Crippen LogP contribution >= 0.6 is 24.0 Å². The number of rotatable bonds is 7. The Balaban J connectivity index is 0.00000529. The van der Waals surface area contributed by atoms with E-state index in [9.17, 15) is 13.2 Å². The Hall–Kier alpha value is -1.19. The van der Waals surface area contributed by atoms with Crippen molar-refractivity contribution in [2.45, 2.75) is 33.0 Å². The third kappa shape index (κ3) is 10.6. The summed E-state index contributed by atoms with van der Waals surface area (Å²) in [5, 5.41) is 6.31. The van der Waals surface area contributed by atoms with Crippen LogP contribution in [0.25, 0.3) is 0 Å². The van der Waals surface area contributed by atoms with Gasteiger partial charge in [0.05, 0.1) is 0 Å². The van der Waals surface area contributed by atoms with E-state index in [1.807, 2.05) is 6.07 Å². The molecule has 0 saturated carbocycles. The fourth-order valence-corrected chi connectivity index (χ4v) is 1.80. The molecule has 0 amide bonds. The molecule has 0 aliphatic heterocycles. The van der Waals surface area contributed by atoms with Gasteiger partial charge in [0.2, 0.25) is 0 Å². The van der Waals surface area contributed by atoms with Crippen LogP contribution in [0.2, 0.25) is 0 Å². The molecule has 0 aliphatic rings. The van der Waals surface area contributed by atoms with Gasteiger partial charge >= 0.3 is 6.18 Å². The Kier molecular flexibility index (Phi) is 10.8. The summed E-state index contributed by atoms with van der Waals surface area (Å²) in [7, 11) is 1.67. The Morgan fingerprint density at radius 3 is 2.54 bits per heavy atom. The summed E-state index contributed by atoms with van der Waals surface area (Å²) in [6, 6.07) is 6.57. The van der Waals surface area contributed by atoms with Crippen LogP contribution in [0, 0.1) is 5.92 Å². The van der Waals surface area contributed by atoms with E-state index in [2.05, 4.69) is 29.5 Å². The molecule has 0 fully saturated rings. The minimum atomic E-state index is -4.34. The second-order valence-electron chi connectivity index (χ2n) is 5.59. The van der Waals surface area contributed by atoms with Crippen LogP contribution in [0.15, 0.2) is 29.3 Å². The number of benzene rings is 1. The molecule has 2 N–H and O–H groups in total. The Morgan fingerprint density at radius 2 is 1.96 bits per heavy atom. The number of hydrogen-bond donors (Lipinski definition) is 2. The smallest absolute Gasteiger partial charge is 0.422 e. The lowest BCUT2D eigenvalue weighted by Gasteiger charge is -2.14. The van der Waals surface area contributed by atoms with Gasteiger partial charge in [0.15, 0.2) is 12.6 Å². The summed E-state index contributed by atoms with van der Waals surface area (Å²) in [4.78, 5) is 4.11. The number of aliphatic imine (C=N–C) groups is 1. The zero-order valence-electron chi connectivity index (χ0n) is 14.1. The highest BCUT2D eigenvalue weighted by molar-refractivity contribution is 14.0. The van der Waals surface area contributed by atoms with Crippen LogP contribution in [0.3, 0.4) is 0 Å². The number of nitrogens with zero attached hydrogens (tertiary/aromatic N) is 1. The van der Waals surface area contributed by atoms with E-state index in [4.69, 9.17) is 4.74 Å². The van der Waals surface area contributed by atoms with Gasteiger partial charge in [-0.25, -0.2) is 0 Å². The summed E-state index contributed by atoms with van der Waals surface area (Å²) in [6.07, 6.45) is -3.31. The molecule has 0 atom stereocenters. The topological polar surface area (TPSA) is 45.7 Å². The Bertz CT molecular complexity index is 508. The predicted octanol–water partition coefficient (Wildman–Crippen LogP) is 3.96. The quantitative estimate of drug-likeness (QED) is 0.369. The van der Waals surface area contributed by atoms with Crippen LogP contribution in [0.1, 0.15) is 25.8 Å². The molecule has 0 saturated heterocycles. The Labute approximate surface area is 158 Å². The maximum atomic E-state index is 12.2. The van der Waals surface area contributed by atoms with Crippen molar-refractivity contribution in [3.05, 3.63) is 29.8 Å². The van der Waals surface area contributed by atoms with Crippen LogP contribution in [0.4, 0.5) is 13.2 Å². The van der Waals surface area contributed by atoms with E-state index in [1.165, 1.54) is 6.07 Å². The summed E-state index contributed by atoms with van der Waals surface area (Å²) < 4.78 is 41.2. The van der Waals surface area contributed by atoms with Gasteiger partial charge in [-0.15, -0.1) is 24.0 Å². The minimum absolute atomic E-state index is 0. The SMILES string of the molecule is CN=C(NCCC(C)C)NCc1cccc(OCC(F)(F)F)c1.I. The average molecular weight is 459 g/mol. The van der Waals surface area contributed by atoms with E-state index < -0.39 is 12.8 Å². The van der Waals surface area contributed by atoms with E-state index in [1.54, 1.807) is 19.2 Å². The first kappa shape index (κ1) is 22.8. The highest BCUT2D eigenvalue weighted by Gasteiger charge is 2.28. The second-order valence-corrected chi connectivity index (χ2v) is 5.59. The lowest BCUT2D eigenvalue weighted by atomic mass is 10.1. The number of hydrogen-bond acceptors (Lipinski definition) is 2. The molecule has 0 unspecified atom stereocenters. The summed E-state index contributed by atoms with van der Waals surface area (Å²) in [5.41, 5.74) is 0.816. The second kappa shape index (κ2) is 11.4. The zero-order chi connectivity index (χ0) is 17.3. The fraction of sp³-hybridized carbons (Fsp3) is 0.562. The molecule has 0 heterocycles. The maximum Gasteiger partial charge on any atom is 0.422 e. The van der Waals surface area contributed by atoms with Crippen molar-refractivity contribution >= 4 is 29.9 Å². The molecule has 138 valence electrons. The molecule has 0 bridgehead atoms. The van der Waals surface area contributed by atoms with Crippen molar-refractivity contribution < 1.29 is 17.9 Å². The highest BCUT2D eigenvalue weighted by Crippen LogP contribution is 2.19. The van der Waals surface area contributed by atoms with Gasteiger partial charge in [0.25, 0.3) is 0 Å². The van der Waals surface area contributed by atoms with Crippen LogP contribution in [-0.4, -0.2) is 32.3 Å². The molecule has 0 radical (unpaired) electrons. The van der Waals surface area contributed by atoms with Crippen LogP contribution < -0.4 is 15.4 Å². The third-order valence-corrected chi connectivity index (χ3v) is 3.00. The summed E-state index contributed by atoms with van der Waals surface area (Å²) >= 11 is 0. The lowest BCUT2D eigenvalue weighted by Crippen LogP contribution is -2.37. The minimum Gasteiger partial charge on any atom is -0.484 e. The number of ether oxygens (including phenoxy) is 1. The fourth-order valence-electron chi connectivity index (χ4n) is 1.80. The maximum absolute atomic E-state index is 12.2. The first-order chi connectivity index (χ1) is 10.8. The highest BCUT2D eigenvalue weighted by atomic mass is 127. The molecule has 8 heteroatoms. The molecule has 0 aromatic heterocycles. The number of alkyl halides is 3. The van der Waals surface area contributed by atoms with Gasteiger partial charge in [0, 0.05) is 20.1 Å². The van der Waals surface area contributed by atoms with Gasteiger partial charge in [-0.05, 0) is 30.0 Å². The average Bonchev–Trinajstić information content (AvgIpc) is 2.48. The lowest BCUT2D eigenvalue weighted by molar-refractivity contribution is -0.153. The first-order valence-corrected chi connectivity index (χ1v) is 7.53. The van der Waals surface area contributed by atoms with E-state index in [0.717, 1.165) is 18.5 Å². The Morgan fingerprint density at radius 1 is 1.25 bits per heavy atom. The summed E-state index contributed by atoms with van der Waals surface area (Å²) in [6.45, 7) is 4.26. The van der Waals surface area contributed by atoms with Crippen molar-refractivity contribution in [2.24, 2.45) is 10.9 Å². The molecule has 1 rings (SSSR count). The van der Waals surface area contributed by atoms with Crippen molar-refractivity contribution in [3.63, 3.8) is 0 Å². The van der Waals surface area contributed by atoms with Crippen LogP contribution in [-0.2, 0) is 6.54 Å². The van der Waals surface area contributed by atoms with Gasteiger partial charge in [-0.3, -0.25) is 4.99 Å². The standard InChI is InChI=1S/C16H24F3N3O.HI/c1-12(2)7-8-21-15(20-3)22-10-13-5-4-6-14(9-13)23-11-16(17,18)19;/h4-6,9,12H,7-8,10-11H2,1-3H3,(H2,20,21,22);1H. The third-order valence-electron chi connectivity index (χ3n) is 3.00. The first-order valence-electron chi connectivity index (χ1n) is 7.53. The molecule has 1 aromatic carbocycles. The van der Waals surface area contributed by atoms with Gasteiger partial charge < -0.3 is 15.4 Å². The monoisotopic (exact) mass is 459 g/mol. The zero-order valence-corrected chi connectivity index (χ0v) is 16.4. The largest absolute Gasteiger partial charge is 0.484 e. The van der Waals surface area contributed by atoms with Crippen molar-refractivity contribution in [2.75, 3.05) is 20.2 Å². The molecular formula is C16H25F3IN3O. The normalized spacial score (nSPS) is 11.9. The molecule has 1 aromatic rings. The van der Waals surface area contributed by atoms with Gasteiger partial charge in [-0.1, -0.05) is 26.0 Å². The summed E-state index contributed by atoms with van der Waals surface area (Å²) in [5.74, 6) is 1.46. The van der Waals surface area contributed by atoms with E-state index in [-0.39, 0.29) is 29.7 Å². The van der Waals surface area contributed by atoms with Crippen molar-refractivity contribution in [1.82, 2.24) is 10.6 Å². The van der Waals surface area contributed by atoms with Crippen molar-refractivity contribution in [1.29, 1.82) is 0 Å². The van der Waals surface area contributed by atoms with E-state index in [0.29, 0.717) is 18.4 Å². The van der Waals surface area contributed by atoms with Gasteiger partial charge in [-0.2, -0.15) is 13.2 Å². The van der Waals surface area contributed by atoms with Crippen molar-refractivity contribution in [3.8, 4) is 5.75 Å². The van der Waals surface area contributed by atoms with E-state index >= 15 is 0 Å². The number of halogens is 4. The molecule has 0 spiro atoms.